The third-order valence-electron chi connectivity index (χ3n) is 4.86. The number of benzene rings is 2. The fraction of sp³-hybridized carbons (Fsp3) is 0.227. The molecule has 1 N–H and O–H groups in total. The standard InChI is InChI=1S/C22H20ClF3N2O/c1-12-9-16(23)10-13(2)20(12)27-21(29)17-11-14(3)28(15(17)4)19-8-6-5-7-18(19)22(24,25)26/h5-11H,1-4H3,(H,27,29). The van der Waals surface area contributed by atoms with Gasteiger partial charge in [-0.15, -0.1) is 0 Å². The number of rotatable bonds is 3. The first kappa shape index (κ1) is 21.0. The van der Waals surface area contributed by atoms with E-state index in [0.29, 0.717) is 27.7 Å². The first-order chi connectivity index (χ1) is 13.5. The van der Waals surface area contributed by atoms with Gasteiger partial charge >= 0.3 is 6.18 Å². The number of anilines is 1. The topological polar surface area (TPSA) is 34.0 Å². The summed E-state index contributed by atoms with van der Waals surface area (Å²) < 4.78 is 41.9. The number of amides is 1. The van der Waals surface area contributed by atoms with Crippen molar-refractivity contribution in [3.63, 3.8) is 0 Å². The van der Waals surface area contributed by atoms with E-state index in [1.165, 1.54) is 16.7 Å². The van der Waals surface area contributed by atoms with Crippen LogP contribution in [0, 0.1) is 27.7 Å². The molecule has 0 fully saturated rings. The molecular formula is C22H20ClF3N2O. The quantitative estimate of drug-likeness (QED) is 0.506. The van der Waals surface area contributed by atoms with E-state index in [2.05, 4.69) is 5.32 Å². The maximum Gasteiger partial charge on any atom is 0.418 e. The Morgan fingerprint density at radius 1 is 1.00 bits per heavy atom. The van der Waals surface area contributed by atoms with E-state index >= 15 is 0 Å². The summed E-state index contributed by atoms with van der Waals surface area (Å²) in [7, 11) is 0. The van der Waals surface area contributed by atoms with Crippen molar-refractivity contribution in [2.24, 2.45) is 0 Å². The molecule has 1 heterocycles. The zero-order chi connectivity index (χ0) is 21.5. The molecule has 0 bridgehead atoms. The third-order valence-corrected chi connectivity index (χ3v) is 5.08. The summed E-state index contributed by atoms with van der Waals surface area (Å²) in [5.41, 5.74) is 2.77. The first-order valence-electron chi connectivity index (χ1n) is 8.94. The highest BCUT2D eigenvalue weighted by molar-refractivity contribution is 6.30. The minimum absolute atomic E-state index is 0.00657. The van der Waals surface area contributed by atoms with Gasteiger partial charge in [0.2, 0.25) is 0 Å². The van der Waals surface area contributed by atoms with Crippen LogP contribution in [0.15, 0.2) is 42.5 Å². The maximum absolute atomic E-state index is 13.5. The molecule has 0 atom stereocenters. The number of hydrogen-bond donors (Lipinski definition) is 1. The van der Waals surface area contributed by atoms with Crippen molar-refractivity contribution in [3.05, 3.63) is 81.1 Å². The Balaban J connectivity index is 2.05. The number of carbonyl (C=O) groups excluding carboxylic acids is 1. The van der Waals surface area contributed by atoms with Crippen molar-refractivity contribution >= 4 is 23.2 Å². The van der Waals surface area contributed by atoms with Gasteiger partial charge in [0.15, 0.2) is 0 Å². The van der Waals surface area contributed by atoms with Crippen LogP contribution in [-0.4, -0.2) is 10.5 Å². The smallest absolute Gasteiger partial charge is 0.321 e. The number of nitrogens with one attached hydrogen (secondary N) is 1. The average Bonchev–Trinajstić information content (AvgIpc) is 2.91. The molecule has 3 aromatic rings. The molecule has 0 aliphatic rings. The van der Waals surface area contributed by atoms with Crippen LogP contribution in [0.5, 0.6) is 0 Å². The molecule has 2 aromatic carbocycles. The van der Waals surface area contributed by atoms with Gasteiger partial charge in [0.1, 0.15) is 0 Å². The Bertz CT molecular complexity index is 1080. The van der Waals surface area contributed by atoms with Crippen LogP contribution < -0.4 is 5.32 Å². The normalized spacial score (nSPS) is 11.6. The highest BCUT2D eigenvalue weighted by Crippen LogP contribution is 2.35. The van der Waals surface area contributed by atoms with Crippen LogP contribution in [0.2, 0.25) is 5.02 Å². The van der Waals surface area contributed by atoms with Crippen molar-refractivity contribution in [2.75, 3.05) is 5.32 Å². The first-order valence-corrected chi connectivity index (χ1v) is 9.32. The van der Waals surface area contributed by atoms with Gasteiger partial charge in [0.25, 0.3) is 5.91 Å². The summed E-state index contributed by atoms with van der Waals surface area (Å²) in [5.74, 6) is -0.387. The van der Waals surface area contributed by atoms with Crippen molar-refractivity contribution in [2.45, 2.75) is 33.9 Å². The van der Waals surface area contributed by atoms with E-state index in [4.69, 9.17) is 11.6 Å². The zero-order valence-corrected chi connectivity index (χ0v) is 17.2. The number of nitrogens with zero attached hydrogens (tertiary/aromatic N) is 1. The Morgan fingerprint density at radius 2 is 1.59 bits per heavy atom. The number of aryl methyl sites for hydroxylation is 3. The predicted octanol–water partition coefficient (Wildman–Crippen LogP) is 6.64. The Hall–Kier alpha value is -2.73. The van der Waals surface area contributed by atoms with Crippen molar-refractivity contribution in [3.8, 4) is 5.69 Å². The maximum atomic E-state index is 13.5. The van der Waals surface area contributed by atoms with Crippen molar-refractivity contribution < 1.29 is 18.0 Å². The van der Waals surface area contributed by atoms with Crippen LogP contribution in [0.3, 0.4) is 0 Å². The lowest BCUT2D eigenvalue weighted by Gasteiger charge is -2.17. The van der Waals surface area contributed by atoms with Gasteiger partial charge in [0, 0.05) is 22.1 Å². The summed E-state index contributed by atoms with van der Waals surface area (Å²) >= 11 is 6.04. The molecule has 7 heteroatoms. The van der Waals surface area contributed by atoms with E-state index in [9.17, 15) is 18.0 Å². The number of aromatic nitrogens is 1. The summed E-state index contributed by atoms with van der Waals surface area (Å²) in [4.78, 5) is 12.9. The second kappa shape index (κ2) is 7.59. The molecule has 0 spiro atoms. The van der Waals surface area contributed by atoms with E-state index in [0.717, 1.165) is 17.2 Å². The number of hydrogen-bond acceptors (Lipinski definition) is 1. The molecule has 1 aromatic heterocycles. The minimum atomic E-state index is -4.50. The Kier molecular flexibility index (Phi) is 5.50. The van der Waals surface area contributed by atoms with Gasteiger partial charge in [-0.3, -0.25) is 4.79 Å². The number of para-hydroxylation sites is 1. The number of alkyl halides is 3. The fourth-order valence-corrected chi connectivity index (χ4v) is 3.89. The molecule has 0 saturated carbocycles. The number of halogens is 4. The van der Waals surface area contributed by atoms with Crippen LogP contribution in [-0.2, 0) is 6.18 Å². The van der Waals surface area contributed by atoms with Gasteiger partial charge in [-0.1, -0.05) is 23.7 Å². The van der Waals surface area contributed by atoms with E-state index in [1.54, 1.807) is 38.1 Å². The van der Waals surface area contributed by atoms with Gasteiger partial charge < -0.3 is 9.88 Å². The van der Waals surface area contributed by atoms with Gasteiger partial charge in [-0.25, -0.2) is 0 Å². The minimum Gasteiger partial charge on any atom is -0.321 e. The van der Waals surface area contributed by atoms with E-state index in [-0.39, 0.29) is 11.6 Å². The SMILES string of the molecule is Cc1cc(Cl)cc(C)c1NC(=O)c1cc(C)n(-c2ccccc2C(F)(F)F)c1C. The summed E-state index contributed by atoms with van der Waals surface area (Å²) in [5, 5.41) is 3.44. The lowest BCUT2D eigenvalue weighted by atomic mass is 10.1. The van der Waals surface area contributed by atoms with Gasteiger partial charge in [-0.2, -0.15) is 13.2 Å². The third kappa shape index (κ3) is 4.03. The molecule has 3 nitrogen and oxygen atoms in total. The molecule has 0 saturated heterocycles. The van der Waals surface area contributed by atoms with Gasteiger partial charge in [-0.05, 0) is 69.2 Å². The van der Waals surface area contributed by atoms with Crippen molar-refractivity contribution in [1.82, 2.24) is 4.57 Å². The van der Waals surface area contributed by atoms with E-state index in [1.807, 2.05) is 13.8 Å². The lowest BCUT2D eigenvalue weighted by Crippen LogP contribution is -2.16. The molecule has 0 radical (unpaired) electrons. The van der Waals surface area contributed by atoms with Crippen LogP contribution in [0.25, 0.3) is 5.69 Å². The average molecular weight is 421 g/mol. The molecule has 0 aliphatic carbocycles. The largest absolute Gasteiger partial charge is 0.418 e. The summed E-state index contributed by atoms with van der Waals surface area (Å²) in [6.45, 7) is 6.97. The lowest BCUT2D eigenvalue weighted by molar-refractivity contribution is -0.137. The molecule has 0 unspecified atom stereocenters. The predicted molar refractivity (Wildman–Crippen MR) is 109 cm³/mol. The highest BCUT2D eigenvalue weighted by Gasteiger charge is 2.34. The number of carbonyl (C=O) groups is 1. The fourth-order valence-electron chi connectivity index (χ4n) is 3.56. The second-order valence-electron chi connectivity index (χ2n) is 7.00. The van der Waals surface area contributed by atoms with Crippen LogP contribution in [0.1, 0.15) is 38.4 Å². The Labute approximate surface area is 172 Å². The second-order valence-corrected chi connectivity index (χ2v) is 7.44. The molecule has 1 amide bonds. The monoisotopic (exact) mass is 420 g/mol. The molecule has 29 heavy (non-hydrogen) atoms. The molecule has 0 aliphatic heterocycles. The van der Waals surface area contributed by atoms with Crippen LogP contribution in [0.4, 0.5) is 18.9 Å². The summed E-state index contributed by atoms with van der Waals surface area (Å²) in [6.07, 6.45) is -4.50. The van der Waals surface area contributed by atoms with Crippen molar-refractivity contribution in [1.29, 1.82) is 0 Å². The van der Waals surface area contributed by atoms with Crippen LogP contribution >= 0.6 is 11.6 Å². The van der Waals surface area contributed by atoms with E-state index < -0.39 is 11.7 Å². The highest BCUT2D eigenvalue weighted by atomic mass is 35.5. The summed E-state index contributed by atoms with van der Waals surface area (Å²) in [6, 6.07) is 10.4. The molecule has 3 rings (SSSR count). The molecule has 152 valence electrons. The zero-order valence-electron chi connectivity index (χ0n) is 16.4. The van der Waals surface area contributed by atoms with Gasteiger partial charge in [0.05, 0.1) is 16.8 Å². The molecular weight excluding hydrogens is 401 g/mol. The Morgan fingerprint density at radius 3 is 2.17 bits per heavy atom.